The summed E-state index contributed by atoms with van der Waals surface area (Å²) in [5.74, 6) is -1.81. The summed E-state index contributed by atoms with van der Waals surface area (Å²) in [6, 6.07) is 3.13. The molecule has 0 spiro atoms. The number of amides is 2. The van der Waals surface area contributed by atoms with Gasteiger partial charge in [0.1, 0.15) is 11.6 Å². The van der Waals surface area contributed by atoms with Crippen LogP contribution in [0.25, 0.3) is 0 Å². The van der Waals surface area contributed by atoms with E-state index < -0.39 is 34.3 Å². The van der Waals surface area contributed by atoms with Crippen LogP contribution in [0.5, 0.6) is 0 Å². The number of fused-ring (bicyclic) bond motifs is 1. The Bertz CT molecular complexity index is 768. The van der Waals surface area contributed by atoms with Crippen LogP contribution in [0, 0.1) is 10.1 Å². The van der Waals surface area contributed by atoms with Crippen LogP contribution in [0.4, 0.5) is 5.69 Å². The van der Waals surface area contributed by atoms with E-state index in [1.807, 2.05) is 0 Å². The van der Waals surface area contributed by atoms with Crippen molar-refractivity contribution < 1.29 is 24.0 Å². The maximum Gasteiger partial charge on any atom is 0.306 e. The molecular weight excluding hydrogens is 342 g/mol. The highest BCUT2D eigenvalue weighted by Crippen LogP contribution is 2.32. The summed E-state index contributed by atoms with van der Waals surface area (Å²) < 4.78 is 5.19. The molecule has 1 aromatic rings. The van der Waals surface area contributed by atoms with Crippen molar-refractivity contribution >= 4 is 23.5 Å². The smallest absolute Gasteiger partial charge is 0.306 e. The number of rotatable bonds is 6. The van der Waals surface area contributed by atoms with Gasteiger partial charge in [0, 0.05) is 12.5 Å². The first kappa shape index (κ1) is 19.4. The van der Waals surface area contributed by atoms with E-state index in [0.29, 0.717) is 0 Å². The van der Waals surface area contributed by atoms with Crippen molar-refractivity contribution in [2.24, 2.45) is 5.73 Å². The molecule has 0 bridgehead atoms. The van der Waals surface area contributed by atoms with Gasteiger partial charge in [-0.15, -0.1) is 0 Å². The molecular formula is C17H21N3O6. The highest BCUT2D eigenvalue weighted by molar-refractivity contribution is 6.02. The fourth-order valence-electron chi connectivity index (χ4n) is 2.86. The lowest BCUT2D eigenvalue weighted by atomic mass is 10.1. The molecule has 26 heavy (non-hydrogen) atoms. The third kappa shape index (κ3) is 4.16. The fraction of sp³-hybridized carbons (Fsp3) is 0.471. The largest absolute Gasteiger partial charge is 0.460 e. The minimum absolute atomic E-state index is 0.0161. The number of hydrogen-bond donors (Lipinski definition) is 1. The average Bonchev–Trinajstić information content (AvgIpc) is 2.82. The lowest BCUT2D eigenvalue weighted by Crippen LogP contribution is -2.45. The SMILES string of the molecule is CC(C)(C)OC(=O)CCC(C(N)=O)N1Cc2c(cccc2[N+](=O)[O-])C1=O. The first-order valence-corrected chi connectivity index (χ1v) is 8.09. The Hall–Kier alpha value is -2.97. The van der Waals surface area contributed by atoms with Gasteiger partial charge >= 0.3 is 5.97 Å². The number of ether oxygens (including phenoxy) is 1. The second kappa shape index (κ2) is 7.11. The third-order valence-corrected chi connectivity index (χ3v) is 3.91. The van der Waals surface area contributed by atoms with Crippen LogP contribution in [0.1, 0.15) is 49.5 Å². The Morgan fingerprint density at radius 2 is 2.04 bits per heavy atom. The molecule has 1 aliphatic rings. The summed E-state index contributed by atoms with van der Waals surface area (Å²) in [6.07, 6.45) is -0.120. The molecule has 2 N–H and O–H groups in total. The van der Waals surface area contributed by atoms with Crippen LogP contribution in [0.3, 0.4) is 0 Å². The number of hydrogen-bond acceptors (Lipinski definition) is 6. The average molecular weight is 363 g/mol. The van der Waals surface area contributed by atoms with Crippen molar-refractivity contribution in [2.45, 2.75) is 51.8 Å². The zero-order valence-electron chi connectivity index (χ0n) is 14.9. The minimum Gasteiger partial charge on any atom is -0.460 e. The Morgan fingerprint density at radius 1 is 1.38 bits per heavy atom. The lowest BCUT2D eigenvalue weighted by Gasteiger charge is -2.25. The summed E-state index contributed by atoms with van der Waals surface area (Å²) in [5.41, 5.74) is 4.96. The molecule has 1 unspecified atom stereocenters. The highest BCUT2D eigenvalue weighted by Gasteiger charge is 2.39. The van der Waals surface area contributed by atoms with Gasteiger partial charge in [0.25, 0.3) is 11.6 Å². The monoisotopic (exact) mass is 363 g/mol. The molecule has 1 aliphatic heterocycles. The second-order valence-corrected chi connectivity index (χ2v) is 7.04. The summed E-state index contributed by atoms with van der Waals surface area (Å²) in [6.45, 7) is 5.05. The second-order valence-electron chi connectivity index (χ2n) is 7.04. The van der Waals surface area contributed by atoms with Gasteiger partial charge in [0.05, 0.1) is 22.6 Å². The van der Waals surface area contributed by atoms with Gasteiger partial charge < -0.3 is 15.4 Å². The van der Waals surface area contributed by atoms with E-state index in [-0.39, 0.29) is 36.2 Å². The van der Waals surface area contributed by atoms with E-state index in [1.165, 1.54) is 23.1 Å². The van der Waals surface area contributed by atoms with Crippen molar-refractivity contribution in [2.75, 3.05) is 0 Å². The fourth-order valence-corrected chi connectivity index (χ4v) is 2.86. The van der Waals surface area contributed by atoms with Crippen molar-refractivity contribution in [3.05, 3.63) is 39.4 Å². The maximum absolute atomic E-state index is 12.6. The van der Waals surface area contributed by atoms with Crippen LogP contribution >= 0.6 is 0 Å². The first-order valence-electron chi connectivity index (χ1n) is 8.09. The Morgan fingerprint density at radius 3 is 2.58 bits per heavy atom. The molecule has 1 heterocycles. The number of primary amides is 1. The standard InChI is InChI=1S/C17H21N3O6/c1-17(2,3)26-14(21)8-7-13(15(18)22)19-9-11-10(16(19)23)5-4-6-12(11)20(24)25/h4-6,13H,7-9H2,1-3H3,(H2,18,22). The Labute approximate surface area is 150 Å². The van der Waals surface area contributed by atoms with E-state index in [4.69, 9.17) is 10.5 Å². The molecule has 9 nitrogen and oxygen atoms in total. The zero-order valence-corrected chi connectivity index (χ0v) is 14.9. The molecule has 0 aromatic heterocycles. The van der Waals surface area contributed by atoms with Gasteiger partial charge in [-0.2, -0.15) is 0 Å². The number of carbonyl (C=O) groups is 3. The maximum atomic E-state index is 12.6. The number of esters is 1. The summed E-state index contributed by atoms with van der Waals surface area (Å²) >= 11 is 0. The molecule has 2 rings (SSSR count). The molecule has 1 aromatic carbocycles. The number of nitrogens with two attached hydrogens (primary N) is 1. The lowest BCUT2D eigenvalue weighted by molar-refractivity contribution is -0.385. The molecule has 140 valence electrons. The number of carbonyl (C=O) groups excluding carboxylic acids is 3. The van der Waals surface area contributed by atoms with Crippen molar-refractivity contribution in [1.82, 2.24) is 4.90 Å². The molecule has 0 fully saturated rings. The first-order chi connectivity index (χ1) is 12.0. The number of nitrogens with zero attached hydrogens (tertiary/aromatic N) is 2. The number of nitro benzene ring substituents is 1. The van der Waals surface area contributed by atoms with E-state index in [1.54, 1.807) is 20.8 Å². The van der Waals surface area contributed by atoms with Crippen LogP contribution in [0.2, 0.25) is 0 Å². The van der Waals surface area contributed by atoms with Crippen LogP contribution in [0.15, 0.2) is 18.2 Å². The molecule has 0 radical (unpaired) electrons. The molecule has 0 saturated carbocycles. The summed E-state index contributed by atoms with van der Waals surface area (Å²) in [5, 5.41) is 11.1. The summed E-state index contributed by atoms with van der Waals surface area (Å²) in [4.78, 5) is 48.0. The van der Waals surface area contributed by atoms with Crippen molar-refractivity contribution in [3.63, 3.8) is 0 Å². The molecule has 1 atom stereocenters. The van der Waals surface area contributed by atoms with E-state index in [0.717, 1.165) is 0 Å². The molecule has 0 saturated heterocycles. The number of nitro groups is 1. The Balaban J connectivity index is 2.18. The van der Waals surface area contributed by atoms with Gasteiger partial charge in [0.15, 0.2) is 0 Å². The van der Waals surface area contributed by atoms with Crippen molar-refractivity contribution in [3.8, 4) is 0 Å². The molecule has 2 amide bonds. The van der Waals surface area contributed by atoms with E-state index >= 15 is 0 Å². The minimum atomic E-state index is -1.05. The predicted molar refractivity (Wildman–Crippen MR) is 91.0 cm³/mol. The van der Waals surface area contributed by atoms with Gasteiger partial charge in [-0.3, -0.25) is 24.5 Å². The van der Waals surface area contributed by atoms with E-state index in [9.17, 15) is 24.5 Å². The predicted octanol–water partition coefficient (Wildman–Crippen LogP) is 1.53. The molecule has 9 heteroatoms. The summed E-state index contributed by atoms with van der Waals surface area (Å²) in [7, 11) is 0. The normalized spacial score (nSPS) is 14.7. The van der Waals surface area contributed by atoms with Gasteiger partial charge in [-0.1, -0.05) is 6.07 Å². The van der Waals surface area contributed by atoms with Gasteiger partial charge in [0.2, 0.25) is 5.91 Å². The topological polar surface area (TPSA) is 133 Å². The van der Waals surface area contributed by atoms with Crippen LogP contribution in [-0.4, -0.2) is 39.2 Å². The number of benzene rings is 1. The van der Waals surface area contributed by atoms with Crippen LogP contribution < -0.4 is 5.73 Å². The molecule has 0 aliphatic carbocycles. The van der Waals surface area contributed by atoms with Gasteiger partial charge in [-0.05, 0) is 33.3 Å². The zero-order chi connectivity index (χ0) is 19.6. The third-order valence-electron chi connectivity index (χ3n) is 3.91. The van der Waals surface area contributed by atoms with Crippen LogP contribution in [-0.2, 0) is 20.9 Å². The van der Waals surface area contributed by atoms with E-state index in [2.05, 4.69) is 0 Å². The van der Waals surface area contributed by atoms with Crippen molar-refractivity contribution in [1.29, 1.82) is 0 Å². The Kier molecular flexibility index (Phi) is 5.29. The quantitative estimate of drug-likeness (QED) is 0.463. The highest BCUT2D eigenvalue weighted by atomic mass is 16.6. The van der Waals surface area contributed by atoms with Gasteiger partial charge in [-0.25, -0.2) is 0 Å².